The maximum atomic E-state index is 5.97. The van der Waals surface area contributed by atoms with Crippen molar-refractivity contribution < 1.29 is 9.47 Å². The largest absolute Gasteiger partial charge is 0.473 e. The van der Waals surface area contributed by atoms with E-state index < -0.39 is 0 Å². The van der Waals surface area contributed by atoms with E-state index in [4.69, 9.17) is 15.2 Å². The summed E-state index contributed by atoms with van der Waals surface area (Å²) in [6.45, 7) is 5.17. The molecule has 2 N–H and O–H groups in total. The number of hydrogen-bond donors (Lipinski definition) is 1. The van der Waals surface area contributed by atoms with Crippen LogP contribution in [0.4, 0.5) is 11.5 Å². The molecular formula is C11H20N4O2. The molecule has 0 saturated heterocycles. The first kappa shape index (κ1) is 13.5. The average Bonchev–Trinajstić information content (AvgIpc) is 2.28. The van der Waals surface area contributed by atoms with E-state index in [1.807, 2.05) is 25.8 Å². The van der Waals surface area contributed by atoms with Gasteiger partial charge >= 0.3 is 0 Å². The molecule has 1 aromatic heterocycles. The minimum absolute atomic E-state index is 0.0318. The van der Waals surface area contributed by atoms with Crippen molar-refractivity contribution in [3.8, 4) is 5.88 Å². The van der Waals surface area contributed by atoms with E-state index >= 15 is 0 Å². The Bertz CT molecular complexity index is 357. The van der Waals surface area contributed by atoms with E-state index in [1.165, 1.54) is 6.33 Å². The molecule has 6 nitrogen and oxygen atoms in total. The van der Waals surface area contributed by atoms with E-state index in [2.05, 4.69) is 9.97 Å². The van der Waals surface area contributed by atoms with Gasteiger partial charge in [0, 0.05) is 20.7 Å². The van der Waals surface area contributed by atoms with Gasteiger partial charge in [-0.3, -0.25) is 0 Å². The number of nitrogen functional groups attached to an aromatic ring is 1. The van der Waals surface area contributed by atoms with Crippen molar-refractivity contribution in [2.45, 2.75) is 20.0 Å². The number of nitrogens with two attached hydrogens (primary N) is 1. The first-order valence-electron chi connectivity index (χ1n) is 5.53. The topological polar surface area (TPSA) is 73.5 Å². The SMILES string of the molecule is COCCN(C)c1ncnc(OC(C)C)c1N. The highest BCUT2D eigenvalue weighted by Crippen LogP contribution is 2.27. The zero-order valence-corrected chi connectivity index (χ0v) is 10.8. The summed E-state index contributed by atoms with van der Waals surface area (Å²) in [5, 5.41) is 0. The third-order valence-corrected chi connectivity index (χ3v) is 2.17. The molecule has 0 aromatic carbocycles. The van der Waals surface area contributed by atoms with Gasteiger partial charge in [-0.1, -0.05) is 0 Å². The van der Waals surface area contributed by atoms with Crippen molar-refractivity contribution in [2.75, 3.05) is 37.9 Å². The molecule has 0 atom stereocenters. The van der Waals surface area contributed by atoms with Crippen molar-refractivity contribution in [3.63, 3.8) is 0 Å². The van der Waals surface area contributed by atoms with Crippen LogP contribution >= 0.6 is 0 Å². The Labute approximate surface area is 102 Å². The van der Waals surface area contributed by atoms with Crippen molar-refractivity contribution in [1.29, 1.82) is 0 Å². The van der Waals surface area contributed by atoms with E-state index in [0.29, 0.717) is 30.5 Å². The van der Waals surface area contributed by atoms with Crippen molar-refractivity contribution in [1.82, 2.24) is 9.97 Å². The molecule has 0 radical (unpaired) electrons. The predicted octanol–water partition coefficient (Wildman–Crippen LogP) is 0.929. The third-order valence-electron chi connectivity index (χ3n) is 2.17. The van der Waals surface area contributed by atoms with Crippen LogP contribution in [-0.4, -0.2) is 43.4 Å². The van der Waals surface area contributed by atoms with Gasteiger partial charge in [-0.2, -0.15) is 4.98 Å². The monoisotopic (exact) mass is 240 g/mol. The van der Waals surface area contributed by atoms with Crippen molar-refractivity contribution in [3.05, 3.63) is 6.33 Å². The van der Waals surface area contributed by atoms with Crippen LogP contribution in [0.5, 0.6) is 5.88 Å². The Hall–Kier alpha value is -1.56. The first-order valence-corrected chi connectivity index (χ1v) is 5.53. The molecule has 0 aliphatic carbocycles. The van der Waals surface area contributed by atoms with Gasteiger partial charge < -0.3 is 20.1 Å². The first-order chi connectivity index (χ1) is 8.06. The Morgan fingerprint density at radius 2 is 2.12 bits per heavy atom. The second kappa shape index (κ2) is 6.24. The lowest BCUT2D eigenvalue weighted by molar-refractivity contribution is 0.206. The Kier molecular flexibility index (Phi) is 4.96. The van der Waals surface area contributed by atoms with Crippen LogP contribution in [0, 0.1) is 0 Å². The third kappa shape index (κ3) is 3.74. The maximum absolute atomic E-state index is 5.97. The number of rotatable bonds is 6. The summed E-state index contributed by atoms with van der Waals surface area (Å²) in [5.74, 6) is 1.09. The van der Waals surface area contributed by atoms with Crippen LogP contribution in [0.25, 0.3) is 0 Å². The molecule has 0 amide bonds. The summed E-state index contributed by atoms with van der Waals surface area (Å²) in [6.07, 6.45) is 1.48. The quantitative estimate of drug-likeness (QED) is 0.797. The van der Waals surface area contributed by atoms with E-state index in [0.717, 1.165) is 0 Å². The fourth-order valence-corrected chi connectivity index (χ4v) is 1.33. The van der Waals surface area contributed by atoms with Gasteiger partial charge in [0.1, 0.15) is 12.0 Å². The Morgan fingerprint density at radius 1 is 1.41 bits per heavy atom. The molecule has 0 spiro atoms. The molecule has 0 bridgehead atoms. The number of methoxy groups -OCH3 is 1. The molecule has 0 unspecified atom stereocenters. The lowest BCUT2D eigenvalue weighted by Gasteiger charge is -2.20. The zero-order valence-electron chi connectivity index (χ0n) is 10.8. The summed E-state index contributed by atoms with van der Waals surface area (Å²) < 4.78 is 10.5. The molecule has 6 heteroatoms. The fraction of sp³-hybridized carbons (Fsp3) is 0.636. The molecule has 1 aromatic rings. The molecule has 1 rings (SSSR count). The second-order valence-corrected chi connectivity index (χ2v) is 4.00. The minimum atomic E-state index is 0.0318. The van der Waals surface area contributed by atoms with E-state index in [9.17, 15) is 0 Å². The van der Waals surface area contributed by atoms with E-state index in [1.54, 1.807) is 7.11 Å². The Morgan fingerprint density at radius 3 is 2.71 bits per heavy atom. The molecule has 0 saturated carbocycles. The minimum Gasteiger partial charge on any atom is -0.473 e. The van der Waals surface area contributed by atoms with Gasteiger partial charge in [0.05, 0.1) is 12.7 Å². The zero-order chi connectivity index (χ0) is 12.8. The molecule has 0 aliphatic heterocycles. The summed E-state index contributed by atoms with van der Waals surface area (Å²) in [5.41, 5.74) is 6.43. The molecule has 0 fully saturated rings. The molecular weight excluding hydrogens is 220 g/mol. The van der Waals surface area contributed by atoms with Gasteiger partial charge in [0.2, 0.25) is 5.88 Å². The van der Waals surface area contributed by atoms with Crippen LogP contribution in [0.2, 0.25) is 0 Å². The number of likely N-dealkylation sites (N-methyl/N-ethyl adjacent to an activating group) is 1. The highest BCUT2D eigenvalue weighted by Gasteiger charge is 2.13. The molecule has 1 heterocycles. The number of nitrogens with zero attached hydrogens (tertiary/aromatic N) is 3. The van der Waals surface area contributed by atoms with Crippen molar-refractivity contribution >= 4 is 11.5 Å². The van der Waals surface area contributed by atoms with Gasteiger partial charge in [-0.25, -0.2) is 4.98 Å². The van der Waals surface area contributed by atoms with Crippen LogP contribution in [-0.2, 0) is 4.74 Å². The van der Waals surface area contributed by atoms with Gasteiger partial charge in [0.25, 0.3) is 0 Å². The highest BCUT2D eigenvalue weighted by molar-refractivity contribution is 5.67. The van der Waals surface area contributed by atoms with Gasteiger partial charge in [-0.05, 0) is 13.8 Å². The summed E-state index contributed by atoms with van der Waals surface area (Å²) >= 11 is 0. The number of aromatic nitrogens is 2. The molecule has 96 valence electrons. The lowest BCUT2D eigenvalue weighted by Crippen LogP contribution is -2.24. The van der Waals surface area contributed by atoms with Crippen LogP contribution in [0.1, 0.15) is 13.8 Å². The summed E-state index contributed by atoms with van der Waals surface area (Å²) in [6, 6.07) is 0. The number of hydrogen-bond acceptors (Lipinski definition) is 6. The normalized spacial score (nSPS) is 10.6. The summed E-state index contributed by atoms with van der Waals surface area (Å²) in [7, 11) is 3.56. The highest BCUT2D eigenvalue weighted by atomic mass is 16.5. The van der Waals surface area contributed by atoms with Crippen molar-refractivity contribution in [2.24, 2.45) is 0 Å². The molecule has 0 aliphatic rings. The number of anilines is 2. The van der Waals surface area contributed by atoms with Crippen LogP contribution in [0.3, 0.4) is 0 Å². The van der Waals surface area contributed by atoms with E-state index in [-0.39, 0.29) is 6.10 Å². The molecule has 17 heavy (non-hydrogen) atoms. The Balaban J connectivity index is 2.85. The smallest absolute Gasteiger partial charge is 0.242 e. The van der Waals surface area contributed by atoms with Crippen LogP contribution < -0.4 is 15.4 Å². The standard InChI is InChI=1S/C11H20N4O2/c1-8(2)17-11-9(12)10(13-7-14-11)15(3)5-6-16-4/h7-8H,5-6,12H2,1-4H3. The fourth-order valence-electron chi connectivity index (χ4n) is 1.33. The summed E-state index contributed by atoms with van der Waals surface area (Å²) in [4.78, 5) is 10.1. The average molecular weight is 240 g/mol. The maximum Gasteiger partial charge on any atom is 0.242 e. The van der Waals surface area contributed by atoms with Gasteiger partial charge in [-0.15, -0.1) is 0 Å². The lowest BCUT2D eigenvalue weighted by atomic mass is 10.4. The van der Waals surface area contributed by atoms with Gasteiger partial charge in [0.15, 0.2) is 5.82 Å². The second-order valence-electron chi connectivity index (χ2n) is 4.00. The van der Waals surface area contributed by atoms with Crippen LogP contribution in [0.15, 0.2) is 6.33 Å². The number of ether oxygens (including phenoxy) is 2. The predicted molar refractivity (Wildman–Crippen MR) is 67.4 cm³/mol.